The van der Waals surface area contributed by atoms with Crippen LogP contribution in [0.15, 0.2) is 37.0 Å². The van der Waals surface area contributed by atoms with Crippen LogP contribution < -0.4 is 0 Å². The van der Waals surface area contributed by atoms with E-state index in [4.69, 9.17) is 14.2 Å². The standard InChI is InChI=1S/C16H22O6/c1-7-13(17)20-8-16(6,9-21-14(18)11(2)3)10-22-15(19)12(4)5/h7H,1-2,4,8-10H2,3,5-6H3. The van der Waals surface area contributed by atoms with E-state index in [0.717, 1.165) is 6.08 Å². The first-order valence-electron chi connectivity index (χ1n) is 6.56. The molecular weight excluding hydrogens is 288 g/mol. The Morgan fingerprint density at radius 1 is 0.909 bits per heavy atom. The van der Waals surface area contributed by atoms with E-state index in [9.17, 15) is 14.4 Å². The van der Waals surface area contributed by atoms with Crippen LogP contribution in [0.25, 0.3) is 0 Å². The molecule has 6 nitrogen and oxygen atoms in total. The van der Waals surface area contributed by atoms with E-state index in [-0.39, 0.29) is 31.0 Å². The third kappa shape index (κ3) is 7.42. The second-order valence-electron chi connectivity index (χ2n) is 5.34. The van der Waals surface area contributed by atoms with Gasteiger partial charge in [0.15, 0.2) is 0 Å². The molecule has 0 aromatic carbocycles. The molecule has 122 valence electrons. The minimum Gasteiger partial charge on any atom is -0.462 e. The van der Waals surface area contributed by atoms with Crippen molar-refractivity contribution >= 4 is 17.9 Å². The normalized spacial score (nSPS) is 10.3. The molecule has 0 saturated carbocycles. The molecule has 6 heteroatoms. The number of carbonyl (C=O) groups excluding carboxylic acids is 3. The van der Waals surface area contributed by atoms with E-state index in [1.807, 2.05) is 0 Å². The Bertz CT molecular complexity index is 459. The number of rotatable bonds is 9. The molecule has 0 rings (SSSR count). The van der Waals surface area contributed by atoms with Crippen molar-refractivity contribution in [3.8, 4) is 0 Å². The van der Waals surface area contributed by atoms with Gasteiger partial charge in [-0.15, -0.1) is 0 Å². The lowest BCUT2D eigenvalue weighted by molar-refractivity contribution is -0.155. The van der Waals surface area contributed by atoms with Gasteiger partial charge in [0.2, 0.25) is 0 Å². The van der Waals surface area contributed by atoms with E-state index in [0.29, 0.717) is 0 Å². The highest BCUT2D eigenvalue weighted by molar-refractivity contribution is 5.87. The maximum Gasteiger partial charge on any atom is 0.333 e. The summed E-state index contributed by atoms with van der Waals surface area (Å²) in [5.41, 5.74) is -0.414. The highest BCUT2D eigenvalue weighted by Gasteiger charge is 2.30. The lowest BCUT2D eigenvalue weighted by Crippen LogP contribution is -2.36. The Balaban J connectivity index is 4.79. The average molecular weight is 310 g/mol. The highest BCUT2D eigenvalue weighted by Crippen LogP contribution is 2.20. The van der Waals surface area contributed by atoms with Gasteiger partial charge in [-0.1, -0.05) is 19.7 Å². The van der Waals surface area contributed by atoms with Crippen LogP contribution >= 0.6 is 0 Å². The number of hydrogen-bond acceptors (Lipinski definition) is 6. The molecule has 0 aromatic heterocycles. The first kappa shape index (κ1) is 19.6. The Morgan fingerprint density at radius 3 is 1.59 bits per heavy atom. The molecule has 0 atom stereocenters. The molecule has 0 spiro atoms. The minimum atomic E-state index is -0.894. The van der Waals surface area contributed by atoms with Crippen LogP contribution in [0, 0.1) is 5.41 Å². The summed E-state index contributed by atoms with van der Waals surface area (Å²) in [6.45, 7) is 14.6. The molecule has 0 saturated heterocycles. The number of hydrogen-bond donors (Lipinski definition) is 0. The summed E-state index contributed by atoms with van der Waals surface area (Å²) >= 11 is 0. The van der Waals surface area contributed by atoms with Crippen molar-refractivity contribution in [2.45, 2.75) is 20.8 Å². The summed E-state index contributed by atoms with van der Waals surface area (Å²) < 4.78 is 15.1. The van der Waals surface area contributed by atoms with Gasteiger partial charge in [0.05, 0.1) is 5.41 Å². The summed E-state index contributed by atoms with van der Waals surface area (Å²) in [5.74, 6) is -1.77. The quantitative estimate of drug-likeness (QED) is 0.368. The fourth-order valence-electron chi connectivity index (χ4n) is 1.16. The predicted molar refractivity (Wildman–Crippen MR) is 80.8 cm³/mol. The van der Waals surface area contributed by atoms with Gasteiger partial charge in [-0.3, -0.25) is 0 Å². The maximum atomic E-state index is 11.5. The molecular formula is C16H22O6. The second-order valence-corrected chi connectivity index (χ2v) is 5.34. The smallest absolute Gasteiger partial charge is 0.333 e. The summed E-state index contributed by atoms with van der Waals surface area (Å²) in [4.78, 5) is 34.1. The Hall–Kier alpha value is -2.37. The van der Waals surface area contributed by atoms with Gasteiger partial charge in [-0.25, -0.2) is 14.4 Å². The SMILES string of the molecule is C=CC(=O)OCC(C)(COC(=O)C(=C)C)COC(=O)C(=C)C. The molecule has 0 fully saturated rings. The Morgan fingerprint density at radius 2 is 1.27 bits per heavy atom. The van der Waals surface area contributed by atoms with E-state index in [2.05, 4.69) is 19.7 Å². The molecule has 0 aromatic rings. The van der Waals surface area contributed by atoms with Crippen LogP contribution in [0.5, 0.6) is 0 Å². The monoisotopic (exact) mass is 310 g/mol. The zero-order valence-corrected chi connectivity index (χ0v) is 13.3. The highest BCUT2D eigenvalue weighted by atomic mass is 16.6. The van der Waals surface area contributed by atoms with Crippen molar-refractivity contribution in [2.24, 2.45) is 5.41 Å². The van der Waals surface area contributed by atoms with Gasteiger partial charge in [-0.05, 0) is 20.8 Å². The van der Waals surface area contributed by atoms with Crippen molar-refractivity contribution < 1.29 is 28.6 Å². The predicted octanol–water partition coefficient (Wildman–Crippen LogP) is 1.96. The van der Waals surface area contributed by atoms with E-state index in [1.54, 1.807) is 6.92 Å². The third-order valence-corrected chi connectivity index (χ3v) is 2.53. The first-order chi connectivity index (χ1) is 10.1. The summed E-state index contributed by atoms with van der Waals surface area (Å²) in [6.07, 6.45) is 1.01. The van der Waals surface area contributed by atoms with Crippen molar-refractivity contribution in [3.05, 3.63) is 37.0 Å². The van der Waals surface area contributed by atoms with Gasteiger partial charge in [0.25, 0.3) is 0 Å². The summed E-state index contributed by atoms with van der Waals surface area (Å²) in [5, 5.41) is 0. The van der Waals surface area contributed by atoms with Gasteiger partial charge >= 0.3 is 17.9 Å². The fraction of sp³-hybridized carbons (Fsp3) is 0.438. The van der Waals surface area contributed by atoms with Gasteiger partial charge in [0, 0.05) is 17.2 Å². The van der Waals surface area contributed by atoms with Gasteiger partial charge in [0.1, 0.15) is 19.8 Å². The van der Waals surface area contributed by atoms with Crippen molar-refractivity contribution in [1.29, 1.82) is 0 Å². The van der Waals surface area contributed by atoms with Gasteiger partial charge in [-0.2, -0.15) is 0 Å². The molecule has 0 aliphatic rings. The van der Waals surface area contributed by atoms with Crippen LogP contribution in [-0.2, 0) is 28.6 Å². The first-order valence-corrected chi connectivity index (χ1v) is 6.56. The molecule has 0 aliphatic heterocycles. The van der Waals surface area contributed by atoms with Gasteiger partial charge < -0.3 is 14.2 Å². The minimum absolute atomic E-state index is 0.105. The number of carbonyl (C=O) groups is 3. The Labute approximate surface area is 130 Å². The topological polar surface area (TPSA) is 78.9 Å². The van der Waals surface area contributed by atoms with E-state index < -0.39 is 23.3 Å². The molecule has 0 amide bonds. The van der Waals surface area contributed by atoms with Crippen molar-refractivity contribution in [2.75, 3.05) is 19.8 Å². The second kappa shape index (κ2) is 8.81. The molecule has 22 heavy (non-hydrogen) atoms. The molecule has 0 radical (unpaired) electrons. The van der Waals surface area contributed by atoms with Crippen LogP contribution in [-0.4, -0.2) is 37.7 Å². The average Bonchev–Trinajstić information content (AvgIpc) is 2.47. The lowest BCUT2D eigenvalue weighted by Gasteiger charge is -2.27. The zero-order valence-electron chi connectivity index (χ0n) is 13.3. The lowest BCUT2D eigenvalue weighted by atomic mass is 9.94. The molecule has 0 N–H and O–H groups in total. The summed E-state index contributed by atoms with van der Waals surface area (Å²) in [7, 11) is 0. The molecule has 0 aliphatic carbocycles. The van der Waals surface area contributed by atoms with E-state index in [1.165, 1.54) is 13.8 Å². The molecule has 0 unspecified atom stereocenters. The third-order valence-electron chi connectivity index (χ3n) is 2.53. The van der Waals surface area contributed by atoms with Crippen molar-refractivity contribution in [3.63, 3.8) is 0 Å². The zero-order chi connectivity index (χ0) is 17.3. The van der Waals surface area contributed by atoms with Crippen molar-refractivity contribution in [1.82, 2.24) is 0 Å². The number of esters is 3. The fourth-order valence-corrected chi connectivity index (χ4v) is 1.16. The maximum absolute atomic E-state index is 11.5. The van der Waals surface area contributed by atoms with Crippen LogP contribution in [0.1, 0.15) is 20.8 Å². The number of ether oxygens (including phenoxy) is 3. The van der Waals surface area contributed by atoms with Crippen LogP contribution in [0.4, 0.5) is 0 Å². The van der Waals surface area contributed by atoms with E-state index >= 15 is 0 Å². The van der Waals surface area contributed by atoms with Crippen LogP contribution in [0.2, 0.25) is 0 Å². The Kier molecular flexibility index (Phi) is 7.87. The molecule has 0 heterocycles. The van der Waals surface area contributed by atoms with Crippen LogP contribution in [0.3, 0.4) is 0 Å². The largest absolute Gasteiger partial charge is 0.462 e. The summed E-state index contributed by atoms with van der Waals surface area (Å²) in [6, 6.07) is 0. The molecule has 0 bridgehead atoms.